The molecule has 0 saturated heterocycles. The van der Waals surface area contributed by atoms with Gasteiger partial charge in [-0.05, 0) is 68.9 Å². The third-order valence-corrected chi connectivity index (χ3v) is 3.90. The second-order valence-corrected chi connectivity index (χ2v) is 6.21. The molecule has 0 heterocycles. The number of hydrogen-bond acceptors (Lipinski definition) is 3. The van der Waals surface area contributed by atoms with Gasteiger partial charge in [0.05, 0.1) is 5.56 Å². The maximum absolute atomic E-state index is 11.8. The first-order valence-corrected chi connectivity index (χ1v) is 7.90. The van der Waals surface area contributed by atoms with E-state index in [-0.39, 0.29) is 12.5 Å². The van der Waals surface area contributed by atoms with Gasteiger partial charge in [-0.25, -0.2) is 4.79 Å². The first kappa shape index (κ1) is 16.0. The Bertz CT molecular complexity index is 675. The molecule has 2 aromatic carbocycles. The summed E-state index contributed by atoms with van der Waals surface area (Å²) in [4.78, 5) is 23.6. The zero-order valence-electron chi connectivity index (χ0n) is 10.8. The van der Waals surface area contributed by atoms with Gasteiger partial charge in [0.25, 0.3) is 5.91 Å². The largest absolute Gasteiger partial charge is 0.452 e. The van der Waals surface area contributed by atoms with Crippen LogP contribution < -0.4 is 5.32 Å². The van der Waals surface area contributed by atoms with Crippen molar-refractivity contribution in [3.05, 3.63) is 62.1 Å². The summed E-state index contributed by atoms with van der Waals surface area (Å²) in [5.74, 6) is -0.919. The highest BCUT2D eigenvalue weighted by Crippen LogP contribution is 2.17. The predicted octanol–water partition coefficient (Wildman–Crippen LogP) is 3.85. The van der Waals surface area contributed by atoms with Crippen LogP contribution in [0.25, 0.3) is 0 Å². The van der Waals surface area contributed by atoms with E-state index in [9.17, 15) is 9.59 Å². The summed E-state index contributed by atoms with van der Waals surface area (Å²) in [6.45, 7) is -0.328. The predicted molar refractivity (Wildman–Crippen MR) is 92.2 cm³/mol. The smallest absolute Gasteiger partial charge is 0.339 e. The molecule has 2 aromatic rings. The number of halogens is 2. The van der Waals surface area contributed by atoms with E-state index in [1.54, 1.807) is 30.3 Å². The summed E-state index contributed by atoms with van der Waals surface area (Å²) < 4.78 is 6.63. The number of amides is 1. The number of rotatable bonds is 4. The van der Waals surface area contributed by atoms with E-state index in [1.165, 1.54) is 0 Å². The van der Waals surface area contributed by atoms with Crippen molar-refractivity contribution in [1.29, 1.82) is 0 Å². The molecule has 0 aliphatic rings. The summed E-state index contributed by atoms with van der Waals surface area (Å²) in [6.07, 6.45) is 0. The lowest BCUT2D eigenvalue weighted by Crippen LogP contribution is -2.21. The van der Waals surface area contributed by atoms with Gasteiger partial charge in [0.1, 0.15) is 0 Å². The van der Waals surface area contributed by atoms with E-state index in [2.05, 4.69) is 43.8 Å². The van der Waals surface area contributed by atoms with Gasteiger partial charge in [0.2, 0.25) is 0 Å². The molecule has 4 nitrogen and oxygen atoms in total. The van der Waals surface area contributed by atoms with Crippen molar-refractivity contribution in [3.8, 4) is 0 Å². The molecule has 0 saturated carbocycles. The Morgan fingerprint density at radius 3 is 2.62 bits per heavy atom. The van der Waals surface area contributed by atoms with Gasteiger partial charge >= 0.3 is 5.97 Å². The lowest BCUT2D eigenvalue weighted by Gasteiger charge is -2.07. The van der Waals surface area contributed by atoms with Crippen molar-refractivity contribution in [2.75, 3.05) is 11.9 Å². The van der Waals surface area contributed by atoms with Crippen molar-refractivity contribution < 1.29 is 14.3 Å². The van der Waals surface area contributed by atoms with Gasteiger partial charge in [0.15, 0.2) is 6.61 Å². The Morgan fingerprint density at radius 1 is 1.14 bits per heavy atom. The van der Waals surface area contributed by atoms with Crippen molar-refractivity contribution >= 4 is 56.1 Å². The molecule has 0 bridgehead atoms. The van der Waals surface area contributed by atoms with Crippen LogP contribution in [0.3, 0.4) is 0 Å². The fourth-order valence-electron chi connectivity index (χ4n) is 1.60. The summed E-state index contributed by atoms with van der Waals surface area (Å²) in [5, 5.41) is 2.67. The van der Waals surface area contributed by atoms with Crippen LogP contribution in [0.1, 0.15) is 10.4 Å². The first-order chi connectivity index (χ1) is 10.1. The number of ether oxygens (including phenoxy) is 1. The molecule has 108 valence electrons. The number of hydrogen-bond donors (Lipinski definition) is 1. The molecule has 6 heteroatoms. The van der Waals surface area contributed by atoms with Crippen molar-refractivity contribution in [1.82, 2.24) is 0 Å². The maximum Gasteiger partial charge on any atom is 0.339 e. The molecular weight excluding hydrogens is 449 g/mol. The highest BCUT2D eigenvalue weighted by Gasteiger charge is 2.12. The highest BCUT2D eigenvalue weighted by atomic mass is 127. The molecule has 21 heavy (non-hydrogen) atoms. The topological polar surface area (TPSA) is 55.4 Å². The van der Waals surface area contributed by atoms with E-state index in [0.717, 1.165) is 3.57 Å². The van der Waals surface area contributed by atoms with E-state index < -0.39 is 5.97 Å². The minimum Gasteiger partial charge on any atom is -0.452 e. The molecule has 0 fully saturated rings. The molecule has 0 atom stereocenters. The molecule has 1 amide bonds. The normalized spacial score (nSPS) is 10.0. The van der Waals surface area contributed by atoms with Crippen LogP contribution in [0, 0.1) is 3.57 Å². The fourth-order valence-corrected chi connectivity index (χ4v) is 2.59. The third-order valence-electron chi connectivity index (χ3n) is 2.54. The average molecular weight is 460 g/mol. The minimum absolute atomic E-state index is 0.328. The number of carbonyl (C=O) groups is 2. The minimum atomic E-state index is -0.541. The first-order valence-electron chi connectivity index (χ1n) is 6.03. The summed E-state index contributed by atoms with van der Waals surface area (Å²) in [5.41, 5.74) is 1.06. The van der Waals surface area contributed by atoms with Gasteiger partial charge in [0, 0.05) is 13.7 Å². The summed E-state index contributed by atoms with van der Waals surface area (Å²) in [7, 11) is 0. The number of anilines is 1. The Labute approximate surface area is 144 Å². The average Bonchev–Trinajstić information content (AvgIpc) is 2.45. The third kappa shape index (κ3) is 4.82. The zero-order chi connectivity index (χ0) is 15.2. The lowest BCUT2D eigenvalue weighted by atomic mass is 10.2. The lowest BCUT2D eigenvalue weighted by molar-refractivity contribution is -0.119. The zero-order valence-corrected chi connectivity index (χ0v) is 14.6. The Kier molecular flexibility index (Phi) is 5.75. The van der Waals surface area contributed by atoms with Crippen molar-refractivity contribution in [2.45, 2.75) is 0 Å². The molecule has 0 aliphatic heterocycles. The van der Waals surface area contributed by atoms with E-state index in [4.69, 9.17) is 4.74 Å². The number of esters is 1. The SMILES string of the molecule is O=C(COC(=O)c1ccccc1Br)Nc1cccc(I)c1. The molecule has 1 N–H and O–H groups in total. The molecule has 2 rings (SSSR count). The second kappa shape index (κ2) is 7.56. The van der Waals surface area contributed by atoms with Crippen LogP contribution in [0.2, 0.25) is 0 Å². The molecule has 0 aromatic heterocycles. The van der Waals surface area contributed by atoms with Gasteiger partial charge in [-0.1, -0.05) is 18.2 Å². The Balaban J connectivity index is 1.90. The summed E-state index contributed by atoms with van der Waals surface area (Å²) >= 11 is 5.42. The van der Waals surface area contributed by atoms with E-state index in [0.29, 0.717) is 15.7 Å². The van der Waals surface area contributed by atoms with Gasteiger partial charge in [-0.2, -0.15) is 0 Å². The van der Waals surface area contributed by atoms with Crippen LogP contribution in [0.15, 0.2) is 53.0 Å². The quantitative estimate of drug-likeness (QED) is 0.558. The van der Waals surface area contributed by atoms with Crippen molar-refractivity contribution in [2.24, 2.45) is 0 Å². The van der Waals surface area contributed by atoms with Crippen molar-refractivity contribution in [3.63, 3.8) is 0 Å². The molecule has 0 spiro atoms. The Hall–Kier alpha value is -1.41. The molecule has 0 aliphatic carbocycles. The van der Waals surface area contributed by atoms with Gasteiger partial charge < -0.3 is 10.1 Å². The molecule has 0 radical (unpaired) electrons. The van der Waals surface area contributed by atoms with Crippen LogP contribution in [0.5, 0.6) is 0 Å². The highest BCUT2D eigenvalue weighted by molar-refractivity contribution is 14.1. The van der Waals surface area contributed by atoms with Crippen LogP contribution in [0.4, 0.5) is 5.69 Å². The number of nitrogens with one attached hydrogen (secondary N) is 1. The van der Waals surface area contributed by atoms with E-state index in [1.807, 2.05) is 18.2 Å². The number of benzene rings is 2. The fraction of sp³-hybridized carbons (Fsp3) is 0.0667. The van der Waals surface area contributed by atoms with E-state index >= 15 is 0 Å². The molecule has 0 unspecified atom stereocenters. The van der Waals surface area contributed by atoms with Crippen LogP contribution in [-0.4, -0.2) is 18.5 Å². The molecular formula is C15H11BrINO3. The van der Waals surface area contributed by atoms with Crippen LogP contribution in [-0.2, 0) is 9.53 Å². The van der Waals surface area contributed by atoms with Gasteiger partial charge in [-0.15, -0.1) is 0 Å². The maximum atomic E-state index is 11.8. The monoisotopic (exact) mass is 459 g/mol. The summed E-state index contributed by atoms with van der Waals surface area (Å²) in [6, 6.07) is 14.3. The Morgan fingerprint density at radius 2 is 1.90 bits per heavy atom. The van der Waals surface area contributed by atoms with Crippen LogP contribution >= 0.6 is 38.5 Å². The standard InChI is InChI=1S/C15H11BrINO3/c16-13-7-2-1-6-12(13)15(20)21-9-14(19)18-11-5-3-4-10(17)8-11/h1-8H,9H2,(H,18,19). The van der Waals surface area contributed by atoms with Gasteiger partial charge in [-0.3, -0.25) is 4.79 Å². The number of carbonyl (C=O) groups excluding carboxylic acids is 2. The second-order valence-electron chi connectivity index (χ2n) is 4.11.